The monoisotopic (exact) mass is 311 g/mol. The van der Waals surface area contributed by atoms with Crippen LogP contribution in [0, 0.1) is 0 Å². The average Bonchev–Trinajstić information content (AvgIpc) is 2.69. The molecule has 2 fully saturated rings. The number of urea groups is 1. The van der Waals surface area contributed by atoms with Gasteiger partial charge < -0.3 is 15.7 Å². The molecular weight excluding hydrogens is 290 g/mol. The number of nitrogens with zero attached hydrogens (tertiary/aromatic N) is 1. The zero-order valence-electron chi connectivity index (χ0n) is 12.4. The molecule has 0 aromatic carbocycles. The molecule has 1 heterocycles. The summed E-state index contributed by atoms with van der Waals surface area (Å²) in [4.78, 5) is 47.5. The molecule has 0 atom stereocenters. The van der Waals surface area contributed by atoms with Gasteiger partial charge in [0.1, 0.15) is 12.1 Å². The van der Waals surface area contributed by atoms with Crippen LogP contribution in [0.5, 0.6) is 0 Å². The topological polar surface area (TPSA) is 116 Å². The maximum Gasteiger partial charge on any atom is 0.325 e. The Bertz CT molecular complexity index is 485. The van der Waals surface area contributed by atoms with Gasteiger partial charge in [0.25, 0.3) is 5.91 Å². The predicted molar refractivity (Wildman–Crippen MR) is 75.9 cm³/mol. The van der Waals surface area contributed by atoms with E-state index in [1.807, 2.05) is 0 Å². The molecule has 1 aliphatic heterocycles. The highest BCUT2D eigenvalue weighted by molar-refractivity contribution is 6.09. The summed E-state index contributed by atoms with van der Waals surface area (Å²) >= 11 is 0. The number of carboxylic acid groups (broad SMARTS) is 1. The van der Waals surface area contributed by atoms with Crippen molar-refractivity contribution in [2.75, 3.05) is 13.1 Å². The maximum atomic E-state index is 12.4. The SMILES string of the molecule is O=C(O)CCCNC(=O)CN1C(=O)NC2(CCCCC2)C1=O. The first-order valence-corrected chi connectivity index (χ1v) is 7.57. The third kappa shape index (κ3) is 3.55. The van der Waals surface area contributed by atoms with E-state index in [2.05, 4.69) is 10.6 Å². The number of aliphatic carboxylic acids is 1. The van der Waals surface area contributed by atoms with Crippen molar-refractivity contribution in [3.63, 3.8) is 0 Å². The summed E-state index contributed by atoms with van der Waals surface area (Å²) in [5, 5.41) is 13.8. The second kappa shape index (κ2) is 6.76. The molecule has 0 bridgehead atoms. The van der Waals surface area contributed by atoms with Crippen molar-refractivity contribution in [3.8, 4) is 0 Å². The van der Waals surface area contributed by atoms with Gasteiger partial charge in [0.05, 0.1) is 0 Å². The highest BCUT2D eigenvalue weighted by atomic mass is 16.4. The summed E-state index contributed by atoms with van der Waals surface area (Å²) in [5.74, 6) is -1.71. The Morgan fingerprint density at radius 3 is 2.55 bits per heavy atom. The third-order valence-corrected chi connectivity index (χ3v) is 4.14. The van der Waals surface area contributed by atoms with Crippen LogP contribution in [0.25, 0.3) is 0 Å². The highest BCUT2D eigenvalue weighted by Crippen LogP contribution is 2.33. The Labute approximate surface area is 128 Å². The first-order valence-electron chi connectivity index (χ1n) is 7.57. The molecule has 2 rings (SSSR count). The van der Waals surface area contributed by atoms with Crippen LogP contribution in [0.2, 0.25) is 0 Å². The number of carboxylic acids is 1. The van der Waals surface area contributed by atoms with Crippen LogP contribution in [0.3, 0.4) is 0 Å². The van der Waals surface area contributed by atoms with E-state index in [9.17, 15) is 19.2 Å². The van der Waals surface area contributed by atoms with Gasteiger partial charge in [0.2, 0.25) is 5.91 Å². The quantitative estimate of drug-likeness (QED) is 0.479. The molecule has 0 unspecified atom stereocenters. The molecule has 8 heteroatoms. The standard InChI is InChI=1S/C14H21N3O5/c18-10(15-8-4-5-11(19)20)9-17-12(21)14(16-13(17)22)6-2-1-3-7-14/h1-9H2,(H,15,18)(H,16,22)(H,19,20). The minimum atomic E-state index is -0.928. The number of amides is 4. The van der Waals surface area contributed by atoms with E-state index >= 15 is 0 Å². The highest BCUT2D eigenvalue weighted by Gasteiger charge is 2.51. The summed E-state index contributed by atoms with van der Waals surface area (Å²) in [6.45, 7) is -0.112. The number of hydrogen-bond donors (Lipinski definition) is 3. The molecule has 8 nitrogen and oxygen atoms in total. The number of imide groups is 1. The first kappa shape index (κ1) is 16.3. The van der Waals surface area contributed by atoms with E-state index in [1.54, 1.807) is 0 Å². The lowest BCUT2D eigenvalue weighted by molar-refractivity contribution is -0.137. The van der Waals surface area contributed by atoms with Crippen molar-refractivity contribution in [2.24, 2.45) is 0 Å². The largest absolute Gasteiger partial charge is 0.481 e. The Balaban J connectivity index is 1.84. The third-order valence-electron chi connectivity index (χ3n) is 4.14. The minimum absolute atomic E-state index is 0.0352. The van der Waals surface area contributed by atoms with Gasteiger partial charge >= 0.3 is 12.0 Å². The van der Waals surface area contributed by atoms with Gasteiger partial charge in [-0.1, -0.05) is 19.3 Å². The minimum Gasteiger partial charge on any atom is -0.481 e. The van der Waals surface area contributed by atoms with Crippen LogP contribution in [0.1, 0.15) is 44.9 Å². The molecule has 2 aliphatic rings. The molecular formula is C14H21N3O5. The molecule has 1 aliphatic carbocycles. The molecule has 1 spiro atoms. The van der Waals surface area contributed by atoms with Gasteiger partial charge in [-0.05, 0) is 19.3 Å². The molecule has 1 saturated heterocycles. The summed E-state index contributed by atoms with van der Waals surface area (Å²) in [6, 6.07) is -0.521. The maximum absolute atomic E-state index is 12.4. The molecule has 1 saturated carbocycles. The van der Waals surface area contributed by atoms with Gasteiger partial charge in [0, 0.05) is 13.0 Å². The lowest BCUT2D eigenvalue weighted by atomic mass is 9.82. The zero-order chi connectivity index (χ0) is 16.2. The lowest BCUT2D eigenvalue weighted by Gasteiger charge is -2.30. The summed E-state index contributed by atoms with van der Waals surface area (Å²) in [6.07, 6.45) is 4.34. The van der Waals surface area contributed by atoms with Gasteiger partial charge in [-0.25, -0.2) is 4.79 Å². The summed E-state index contributed by atoms with van der Waals surface area (Å²) in [7, 11) is 0. The van der Waals surface area contributed by atoms with Crippen molar-refractivity contribution in [1.82, 2.24) is 15.5 Å². The van der Waals surface area contributed by atoms with E-state index in [-0.39, 0.29) is 25.4 Å². The second-order valence-corrected chi connectivity index (χ2v) is 5.81. The number of nitrogens with one attached hydrogen (secondary N) is 2. The predicted octanol–water partition coefficient (Wildman–Crippen LogP) is 0.222. The van der Waals surface area contributed by atoms with E-state index in [1.165, 1.54) is 0 Å². The number of carbonyl (C=O) groups excluding carboxylic acids is 3. The molecule has 0 aromatic heterocycles. The Morgan fingerprint density at radius 1 is 1.23 bits per heavy atom. The summed E-state index contributed by atoms with van der Waals surface area (Å²) in [5.41, 5.74) is -0.821. The fraction of sp³-hybridized carbons (Fsp3) is 0.714. The Kier molecular flexibility index (Phi) is 4.99. The van der Waals surface area contributed by atoms with Crippen molar-refractivity contribution in [1.29, 1.82) is 0 Å². The fourth-order valence-corrected chi connectivity index (χ4v) is 2.98. The van der Waals surface area contributed by atoms with Gasteiger partial charge in [-0.15, -0.1) is 0 Å². The van der Waals surface area contributed by atoms with Crippen LogP contribution in [-0.4, -0.2) is 52.4 Å². The smallest absolute Gasteiger partial charge is 0.325 e. The van der Waals surface area contributed by atoms with Crippen LogP contribution in [0.15, 0.2) is 0 Å². The van der Waals surface area contributed by atoms with E-state index in [0.29, 0.717) is 19.3 Å². The van der Waals surface area contributed by atoms with E-state index in [4.69, 9.17) is 5.11 Å². The van der Waals surface area contributed by atoms with Crippen LogP contribution >= 0.6 is 0 Å². The van der Waals surface area contributed by atoms with Crippen molar-refractivity contribution < 1.29 is 24.3 Å². The van der Waals surface area contributed by atoms with Gasteiger partial charge in [-0.3, -0.25) is 19.3 Å². The summed E-state index contributed by atoms with van der Waals surface area (Å²) < 4.78 is 0. The number of carbonyl (C=O) groups is 4. The molecule has 0 radical (unpaired) electrons. The van der Waals surface area contributed by atoms with Crippen molar-refractivity contribution in [3.05, 3.63) is 0 Å². The Morgan fingerprint density at radius 2 is 1.91 bits per heavy atom. The normalized spacial score (nSPS) is 20.1. The lowest BCUT2D eigenvalue weighted by Crippen LogP contribution is -2.49. The van der Waals surface area contributed by atoms with Crippen LogP contribution in [-0.2, 0) is 14.4 Å². The van der Waals surface area contributed by atoms with E-state index < -0.39 is 23.4 Å². The first-order chi connectivity index (χ1) is 10.4. The molecule has 22 heavy (non-hydrogen) atoms. The van der Waals surface area contributed by atoms with E-state index in [0.717, 1.165) is 24.2 Å². The average molecular weight is 311 g/mol. The van der Waals surface area contributed by atoms with Crippen molar-refractivity contribution >= 4 is 23.8 Å². The number of rotatable bonds is 6. The van der Waals surface area contributed by atoms with Crippen LogP contribution < -0.4 is 10.6 Å². The number of hydrogen-bond acceptors (Lipinski definition) is 4. The van der Waals surface area contributed by atoms with Gasteiger partial charge in [0.15, 0.2) is 0 Å². The van der Waals surface area contributed by atoms with Crippen molar-refractivity contribution in [2.45, 2.75) is 50.5 Å². The fourth-order valence-electron chi connectivity index (χ4n) is 2.98. The molecule has 0 aromatic rings. The zero-order valence-corrected chi connectivity index (χ0v) is 12.4. The molecule has 122 valence electrons. The Hall–Kier alpha value is -2.12. The van der Waals surface area contributed by atoms with Crippen LogP contribution in [0.4, 0.5) is 4.79 Å². The molecule has 3 N–H and O–H groups in total. The van der Waals surface area contributed by atoms with Gasteiger partial charge in [-0.2, -0.15) is 0 Å². The molecule has 4 amide bonds. The second-order valence-electron chi connectivity index (χ2n) is 5.81.